The number of likely N-dealkylation sites (tertiary alicyclic amines) is 1. The van der Waals surface area contributed by atoms with Gasteiger partial charge in [-0.1, -0.05) is 0 Å². The minimum atomic E-state index is -1.96. The molecule has 0 aromatic heterocycles. The lowest BCUT2D eigenvalue weighted by atomic mass is 9.98. The van der Waals surface area contributed by atoms with E-state index in [1.165, 1.54) is 0 Å². The molecule has 138 valence electrons. The fourth-order valence-corrected chi connectivity index (χ4v) is 2.73. The molecule has 0 aliphatic carbocycles. The summed E-state index contributed by atoms with van der Waals surface area (Å²) < 4.78 is 0. The Morgan fingerprint density at radius 1 is 1.00 bits per heavy atom. The number of carboxylic acid groups (broad SMARTS) is 4. The minimum Gasteiger partial charge on any atom is -0.480 e. The van der Waals surface area contributed by atoms with Gasteiger partial charge in [-0.2, -0.15) is 0 Å². The zero-order valence-corrected chi connectivity index (χ0v) is 13.1. The van der Waals surface area contributed by atoms with Crippen LogP contribution in [0.1, 0.15) is 37.5 Å². The van der Waals surface area contributed by atoms with Crippen molar-refractivity contribution in [1.82, 2.24) is 4.90 Å². The van der Waals surface area contributed by atoms with Crippen molar-refractivity contribution in [2.75, 3.05) is 6.54 Å². The topological polar surface area (TPSA) is 196 Å². The lowest BCUT2D eigenvalue weighted by Gasteiger charge is -2.22. The molecule has 1 saturated heterocycles. The Morgan fingerprint density at radius 3 is 2.04 bits per heavy atom. The first-order valence-electron chi connectivity index (χ1n) is 7.14. The number of carbonyl (C=O) groups excluding carboxylic acids is 1. The summed E-state index contributed by atoms with van der Waals surface area (Å²) in [5, 5.41) is 36.5. The SMILES string of the molecule is N[C@@]1(C(=O)O)C[C@H](C(=O)O)N(C(=O)c2ccc(C(=O)O)c(C(=O)O)c2)C1. The van der Waals surface area contributed by atoms with Crippen LogP contribution in [0.3, 0.4) is 0 Å². The average molecular weight is 366 g/mol. The number of carboxylic acids is 4. The normalized spacial score (nSPS) is 22.0. The number of nitrogens with zero attached hydrogens (tertiary/aromatic N) is 1. The van der Waals surface area contributed by atoms with E-state index in [0.29, 0.717) is 0 Å². The van der Waals surface area contributed by atoms with Crippen LogP contribution in [0.25, 0.3) is 0 Å². The molecular weight excluding hydrogens is 352 g/mol. The average Bonchev–Trinajstić information content (AvgIpc) is 2.93. The van der Waals surface area contributed by atoms with Gasteiger partial charge in [0, 0.05) is 12.0 Å². The minimum absolute atomic E-state index is 0.298. The fraction of sp³-hybridized carbons (Fsp3) is 0.267. The van der Waals surface area contributed by atoms with Crippen LogP contribution in [0.4, 0.5) is 0 Å². The van der Waals surface area contributed by atoms with Crippen molar-refractivity contribution in [2.45, 2.75) is 18.0 Å². The Morgan fingerprint density at radius 2 is 1.58 bits per heavy atom. The zero-order valence-electron chi connectivity index (χ0n) is 13.1. The van der Waals surface area contributed by atoms with Crippen LogP contribution >= 0.6 is 0 Å². The molecule has 1 amide bonds. The molecule has 6 N–H and O–H groups in total. The summed E-state index contributed by atoms with van der Waals surface area (Å²) in [7, 11) is 0. The maximum atomic E-state index is 12.6. The zero-order chi connectivity index (χ0) is 19.8. The van der Waals surface area contributed by atoms with Gasteiger partial charge in [0.05, 0.1) is 17.7 Å². The number of nitrogens with two attached hydrogens (primary N) is 1. The number of amides is 1. The second-order valence-electron chi connectivity index (χ2n) is 5.82. The Bertz CT molecular complexity index is 834. The largest absolute Gasteiger partial charge is 0.480 e. The third-order valence-corrected chi connectivity index (χ3v) is 4.09. The van der Waals surface area contributed by atoms with Crippen molar-refractivity contribution in [1.29, 1.82) is 0 Å². The number of hydrogen-bond donors (Lipinski definition) is 5. The molecule has 1 aliphatic rings. The first kappa shape index (κ1) is 18.9. The predicted molar refractivity (Wildman–Crippen MR) is 82.0 cm³/mol. The number of benzene rings is 1. The highest BCUT2D eigenvalue weighted by atomic mass is 16.4. The first-order chi connectivity index (χ1) is 12.0. The lowest BCUT2D eigenvalue weighted by molar-refractivity contribution is -0.143. The van der Waals surface area contributed by atoms with Gasteiger partial charge in [-0.3, -0.25) is 9.59 Å². The second kappa shape index (κ2) is 6.44. The summed E-state index contributed by atoms with van der Waals surface area (Å²) >= 11 is 0. The highest BCUT2D eigenvalue weighted by Crippen LogP contribution is 2.28. The van der Waals surface area contributed by atoms with Gasteiger partial charge in [-0.25, -0.2) is 14.4 Å². The van der Waals surface area contributed by atoms with Crippen molar-refractivity contribution in [3.8, 4) is 0 Å². The molecule has 1 aromatic rings. The molecule has 0 saturated carbocycles. The molecule has 0 spiro atoms. The first-order valence-corrected chi connectivity index (χ1v) is 7.14. The third kappa shape index (κ3) is 3.19. The molecule has 1 aromatic carbocycles. The number of aliphatic carboxylic acids is 2. The van der Waals surface area contributed by atoms with Gasteiger partial charge in [0.25, 0.3) is 5.91 Å². The highest BCUT2D eigenvalue weighted by molar-refractivity contribution is 6.05. The quantitative estimate of drug-likeness (QED) is 0.438. The van der Waals surface area contributed by atoms with Crippen LogP contribution in [0.15, 0.2) is 18.2 Å². The summed E-state index contributed by atoms with van der Waals surface area (Å²) in [6.07, 6.45) is -0.525. The summed E-state index contributed by atoms with van der Waals surface area (Å²) in [6.45, 7) is -0.596. The molecule has 0 bridgehead atoms. The van der Waals surface area contributed by atoms with Gasteiger partial charge in [-0.05, 0) is 18.2 Å². The summed E-state index contributed by atoms with van der Waals surface area (Å²) in [4.78, 5) is 58.2. The van der Waals surface area contributed by atoms with Gasteiger partial charge in [-0.15, -0.1) is 0 Å². The number of rotatable bonds is 5. The van der Waals surface area contributed by atoms with Crippen molar-refractivity contribution in [2.24, 2.45) is 5.73 Å². The Hall–Kier alpha value is -3.47. The smallest absolute Gasteiger partial charge is 0.336 e. The molecule has 2 rings (SSSR count). The van der Waals surface area contributed by atoms with E-state index in [1.807, 2.05) is 0 Å². The van der Waals surface area contributed by atoms with Gasteiger partial charge in [0.15, 0.2) is 0 Å². The lowest BCUT2D eigenvalue weighted by Crippen LogP contribution is -2.50. The maximum Gasteiger partial charge on any atom is 0.336 e. The van der Waals surface area contributed by atoms with Crippen LogP contribution in [-0.4, -0.2) is 73.2 Å². The molecule has 26 heavy (non-hydrogen) atoms. The maximum absolute atomic E-state index is 12.6. The standard InChI is InChI=1S/C15H14N2O9/c16-15(14(25)26)4-9(13(23)24)17(5-15)10(18)6-1-2-7(11(19)20)8(3-6)12(21)22/h1-3,9H,4-5,16H2,(H,19,20)(H,21,22)(H,23,24)(H,25,26)/t9-,15+/m1/s1. The van der Waals surface area contributed by atoms with E-state index in [4.69, 9.17) is 21.1 Å². The van der Waals surface area contributed by atoms with E-state index < -0.39 is 65.5 Å². The third-order valence-electron chi connectivity index (χ3n) is 4.09. The van der Waals surface area contributed by atoms with E-state index in [9.17, 15) is 29.1 Å². The van der Waals surface area contributed by atoms with Gasteiger partial charge >= 0.3 is 23.9 Å². The van der Waals surface area contributed by atoms with E-state index in [0.717, 1.165) is 23.1 Å². The fourth-order valence-electron chi connectivity index (χ4n) is 2.73. The Labute approximate surface area is 145 Å². The summed E-state index contributed by atoms with van der Waals surface area (Å²) in [5.74, 6) is -7.02. The van der Waals surface area contributed by atoms with Crippen molar-refractivity contribution < 1.29 is 44.4 Å². The monoisotopic (exact) mass is 366 g/mol. The van der Waals surface area contributed by atoms with Crippen LogP contribution in [-0.2, 0) is 9.59 Å². The molecule has 0 unspecified atom stereocenters. The van der Waals surface area contributed by atoms with E-state index >= 15 is 0 Å². The van der Waals surface area contributed by atoms with Crippen molar-refractivity contribution in [3.05, 3.63) is 34.9 Å². The van der Waals surface area contributed by atoms with E-state index in [1.54, 1.807) is 0 Å². The summed E-state index contributed by atoms with van der Waals surface area (Å²) in [6, 6.07) is 1.20. The number of carbonyl (C=O) groups is 5. The van der Waals surface area contributed by atoms with Crippen LogP contribution in [0, 0.1) is 0 Å². The van der Waals surface area contributed by atoms with E-state index in [-0.39, 0.29) is 5.56 Å². The predicted octanol–water partition coefficient (Wildman–Crippen LogP) is -0.836. The van der Waals surface area contributed by atoms with Gasteiger partial charge in [0.1, 0.15) is 11.6 Å². The number of aromatic carboxylic acids is 2. The molecule has 1 heterocycles. The van der Waals surface area contributed by atoms with Crippen molar-refractivity contribution in [3.63, 3.8) is 0 Å². The van der Waals surface area contributed by atoms with E-state index in [2.05, 4.69) is 0 Å². The van der Waals surface area contributed by atoms with Crippen LogP contribution in [0.2, 0.25) is 0 Å². The Balaban J connectivity index is 2.46. The molecule has 0 radical (unpaired) electrons. The summed E-state index contributed by atoms with van der Waals surface area (Å²) in [5.41, 5.74) is 2.18. The van der Waals surface area contributed by atoms with Gasteiger partial charge < -0.3 is 31.1 Å². The molecule has 2 atom stereocenters. The van der Waals surface area contributed by atoms with Crippen LogP contribution in [0.5, 0.6) is 0 Å². The number of hydrogen-bond acceptors (Lipinski definition) is 6. The molecule has 1 fully saturated rings. The molecular formula is C15H14N2O9. The second-order valence-corrected chi connectivity index (χ2v) is 5.82. The van der Waals surface area contributed by atoms with Gasteiger partial charge in [0.2, 0.25) is 0 Å². The highest BCUT2D eigenvalue weighted by Gasteiger charge is 2.51. The van der Waals surface area contributed by atoms with Crippen molar-refractivity contribution >= 4 is 29.8 Å². The molecule has 1 aliphatic heterocycles. The molecule has 11 heteroatoms. The molecule has 11 nitrogen and oxygen atoms in total. The van der Waals surface area contributed by atoms with Crippen LogP contribution < -0.4 is 5.73 Å². The Kier molecular flexibility index (Phi) is 4.67.